The lowest BCUT2D eigenvalue weighted by Crippen LogP contribution is -2.30. The zero-order valence-corrected chi connectivity index (χ0v) is 44.0. The molecule has 0 aliphatic carbocycles. The molecule has 6 nitrogen and oxygen atoms in total. The zero-order valence-electron chi connectivity index (χ0n) is 44.0. The zero-order chi connectivity index (χ0) is 50.0. The maximum Gasteiger partial charge on any atom is 0.306 e. The van der Waals surface area contributed by atoms with E-state index in [-0.39, 0.29) is 44.0 Å². The van der Waals surface area contributed by atoms with Gasteiger partial charge < -0.3 is 14.2 Å². The van der Waals surface area contributed by atoms with Crippen molar-refractivity contribution in [1.29, 1.82) is 0 Å². The van der Waals surface area contributed by atoms with Gasteiger partial charge in [-0.15, -0.1) is 0 Å². The third kappa shape index (κ3) is 54.1. The predicted molar refractivity (Wildman–Crippen MR) is 297 cm³/mol. The van der Waals surface area contributed by atoms with E-state index in [1.165, 1.54) is 25.7 Å². The van der Waals surface area contributed by atoms with Gasteiger partial charge in [-0.1, -0.05) is 199 Å². The molecule has 0 aromatic heterocycles. The van der Waals surface area contributed by atoms with Crippen LogP contribution in [-0.2, 0) is 28.6 Å². The molecule has 0 saturated heterocycles. The van der Waals surface area contributed by atoms with E-state index in [0.29, 0.717) is 12.8 Å². The van der Waals surface area contributed by atoms with Crippen LogP contribution in [0.25, 0.3) is 0 Å². The van der Waals surface area contributed by atoms with Crippen molar-refractivity contribution in [3.8, 4) is 0 Å². The summed E-state index contributed by atoms with van der Waals surface area (Å²) in [5.74, 6) is -1.03. The molecule has 0 fully saturated rings. The third-order valence-electron chi connectivity index (χ3n) is 10.8. The van der Waals surface area contributed by atoms with Crippen LogP contribution in [0.4, 0.5) is 0 Å². The number of ether oxygens (including phenoxy) is 3. The number of hydrogen-bond donors (Lipinski definition) is 0. The average molecular weight is 951 g/mol. The number of unbranched alkanes of at least 4 members (excludes halogenated alkanes) is 12. The minimum Gasteiger partial charge on any atom is -0.462 e. The van der Waals surface area contributed by atoms with Crippen LogP contribution in [0.5, 0.6) is 0 Å². The molecule has 0 spiro atoms. The highest BCUT2D eigenvalue weighted by molar-refractivity contribution is 5.71. The van der Waals surface area contributed by atoms with E-state index in [9.17, 15) is 14.4 Å². The summed E-state index contributed by atoms with van der Waals surface area (Å²) < 4.78 is 16.8. The van der Waals surface area contributed by atoms with E-state index in [4.69, 9.17) is 14.2 Å². The summed E-state index contributed by atoms with van der Waals surface area (Å²) in [6.07, 6.45) is 79.7. The first-order chi connectivity index (χ1) is 34.0. The second kappa shape index (κ2) is 55.9. The third-order valence-corrected chi connectivity index (χ3v) is 10.8. The number of rotatable bonds is 47. The molecule has 386 valence electrons. The van der Waals surface area contributed by atoms with Crippen LogP contribution >= 0.6 is 0 Å². The van der Waals surface area contributed by atoms with Crippen molar-refractivity contribution < 1.29 is 28.6 Å². The van der Waals surface area contributed by atoms with Gasteiger partial charge in [0, 0.05) is 19.3 Å². The Bertz CT molecular complexity index is 1560. The number of hydrogen-bond acceptors (Lipinski definition) is 6. The lowest BCUT2D eigenvalue weighted by Gasteiger charge is -2.18. The summed E-state index contributed by atoms with van der Waals surface area (Å²) in [7, 11) is 0. The van der Waals surface area contributed by atoms with Crippen molar-refractivity contribution in [2.75, 3.05) is 13.2 Å². The highest BCUT2D eigenvalue weighted by atomic mass is 16.6. The fourth-order valence-electron chi connectivity index (χ4n) is 6.76. The Kier molecular flexibility index (Phi) is 52.1. The molecule has 0 radical (unpaired) electrons. The van der Waals surface area contributed by atoms with Crippen LogP contribution in [0.1, 0.15) is 213 Å². The topological polar surface area (TPSA) is 78.9 Å². The van der Waals surface area contributed by atoms with Crippen molar-refractivity contribution in [1.82, 2.24) is 0 Å². The van der Waals surface area contributed by atoms with Crippen LogP contribution in [0.15, 0.2) is 146 Å². The standard InChI is InChI=1S/C63H98O6/c1-4-7-10-13-16-19-22-25-28-30-31-33-35-38-41-44-47-50-53-56-62(65)68-59-60(58-67-61(64)55-52-49-46-43-40-37-34-27-24-21-18-15-12-9-6-3)69-63(66)57-54-51-48-45-42-39-36-32-29-26-23-20-17-14-11-8-5-2/h7,9-10,12,16-21,25-29,31,33-34,36,38-41,43,60H,4-6,8,11,13-15,22-24,30,32,35,37,42,44-59H2,1-3H3/b10-7-,12-9-,19-16-,20-17-,21-18-,28-25-,29-26-,33-31-,34-27-,39-36-,41-38-,43-40-/t60-/m1/s1. The van der Waals surface area contributed by atoms with Gasteiger partial charge in [-0.05, 0) is 141 Å². The number of carbonyl (C=O) groups is 3. The minimum atomic E-state index is -0.828. The minimum absolute atomic E-state index is 0.124. The van der Waals surface area contributed by atoms with Crippen molar-refractivity contribution >= 4 is 17.9 Å². The van der Waals surface area contributed by atoms with E-state index in [0.717, 1.165) is 141 Å². The molecule has 0 amide bonds. The molecule has 0 rings (SSSR count). The largest absolute Gasteiger partial charge is 0.462 e. The molecule has 0 bridgehead atoms. The number of carbonyl (C=O) groups excluding carboxylic acids is 3. The molecule has 0 aromatic rings. The van der Waals surface area contributed by atoms with Crippen LogP contribution < -0.4 is 0 Å². The average Bonchev–Trinajstić information content (AvgIpc) is 3.35. The van der Waals surface area contributed by atoms with Gasteiger partial charge in [0.25, 0.3) is 0 Å². The van der Waals surface area contributed by atoms with Gasteiger partial charge in [0.1, 0.15) is 13.2 Å². The normalized spacial score (nSPS) is 13.3. The molecule has 0 heterocycles. The summed E-state index contributed by atoms with van der Waals surface area (Å²) in [4.78, 5) is 38.1. The Balaban J connectivity index is 4.58. The van der Waals surface area contributed by atoms with Crippen LogP contribution in [0, 0.1) is 0 Å². The van der Waals surface area contributed by atoms with Gasteiger partial charge in [0.05, 0.1) is 0 Å². The SMILES string of the molecule is CC/C=C\C/C=C\C/C=C\C/C=C\C/C=C\CCCCCC(=O)OC[C@@H](COC(=O)CCCC/C=C\C/C=C\C/C=C\C/C=C\CC)OC(=O)CCCCCC/C=C\C/C=C\C/C=C\CCCCC. The molecular weight excluding hydrogens is 853 g/mol. The van der Waals surface area contributed by atoms with Crippen LogP contribution in [-0.4, -0.2) is 37.2 Å². The van der Waals surface area contributed by atoms with Gasteiger partial charge in [-0.3, -0.25) is 14.4 Å². The Hall–Kier alpha value is -4.71. The maximum atomic E-state index is 12.8. The summed E-state index contributed by atoms with van der Waals surface area (Å²) >= 11 is 0. The smallest absolute Gasteiger partial charge is 0.306 e. The number of allylic oxidation sites excluding steroid dienone is 24. The van der Waals surface area contributed by atoms with Gasteiger partial charge >= 0.3 is 17.9 Å². The highest BCUT2D eigenvalue weighted by Gasteiger charge is 2.19. The molecule has 0 saturated carbocycles. The molecule has 6 heteroatoms. The molecule has 69 heavy (non-hydrogen) atoms. The van der Waals surface area contributed by atoms with E-state index >= 15 is 0 Å². The van der Waals surface area contributed by atoms with Crippen molar-refractivity contribution in [3.05, 3.63) is 146 Å². The molecule has 0 aromatic carbocycles. The van der Waals surface area contributed by atoms with Gasteiger partial charge in [-0.25, -0.2) is 0 Å². The lowest BCUT2D eigenvalue weighted by atomic mass is 10.1. The summed E-state index contributed by atoms with van der Waals surface area (Å²) in [5, 5.41) is 0. The molecule has 0 aliphatic heterocycles. The van der Waals surface area contributed by atoms with E-state index in [2.05, 4.69) is 167 Å². The summed E-state index contributed by atoms with van der Waals surface area (Å²) in [6, 6.07) is 0. The predicted octanol–water partition coefficient (Wildman–Crippen LogP) is 18.4. The maximum absolute atomic E-state index is 12.8. The summed E-state index contributed by atoms with van der Waals surface area (Å²) in [6.45, 7) is 6.28. The van der Waals surface area contributed by atoms with Crippen molar-refractivity contribution in [2.45, 2.75) is 219 Å². The summed E-state index contributed by atoms with van der Waals surface area (Å²) in [5.41, 5.74) is 0. The monoisotopic (exact) mass is 951 g/mol. The molecule has 0 N–H and O–H groups in total. The van der Waals surface area contributed by atoms with Crippen LogP contribution in [0.2, 0.25) is 0 Å². The van der Waals surface area contributed by atoms with Gasteiger partial charge in [-0.2, -0.15) is 0 Å². The van der Waals surface area contributed by atoms with Crippen molar-refractivity contribution in [2.24, 2.45) is 0 Å². The molecule has 0 aliphatic rings. The second-order valence-corrected chi connectivity index (χ2v) is 17.4. The Morgan fingerprint density at radius 1 is 0.304 bits per heavy atom. The first-order valence-corrected chi connectivity index (χ1v) is 27.3. The first-order valence-electron chi connectivity index (χ1n) is 27.3. The Labute approximate surface area is 423 Å². The lowest BCUT2D eigenvalue weighted by molar-refractivity contribution is -0.167. The Morgan fingerprint density at radius 2 is 0.565 bits per heavy atom. The van der Waals surface area contributed by atoms with Crippen molar-refractivity contribution in [3.63, 3.8) is 0 Å². The van der Waals surface area contributed by atoms with Gasteiger partial charge in [0.15, 0.2) is 6.10 Å². The molecule has 1 atom stereocenters. The fraction of sp³-hybridized carbons (Fsp3) is 0.571. The van der Waals surface area contributed by atoms with E-state index < -0.39 is 6.10 Å². The van der Waals surface area contributed by atoms with Crippen LogP contribution in [0.3, 0.4) is 0 Å². The van der Waals surface area contributed by atoms with Gasteiger partial charge in [0.2, 0.25) is 0 Å². The molecular formula is C63H98O6. The highest BCUT2D eigenvalue weighted by Crippen LogP contribution is 2.11. The quantitative estimate of drug-likeness (QED) is 0.0262. The van der Waals surface area contributed by atoms with E-state index in [1.807, 2.05) is 0 Å². The Morgan fingerprint density at radius 3 is 0.913 bits per heavy atom. The first kappa shape index (κ1) is 64.3. The van der Waals surface area contributed by atoms with E-state index in [1.54, 1.807) is 0 Å². The molecule has 0 unspecified atom stereocenters. The number of esters is 3. The fourth-order valence-corrected chi connectivity index (χ4v) is 6.76. The second-order valence-electron chi connectivity index (χ2n) is 17.4.